The number of aromatic nitrogens is 3. The number of methoxy groups -OCH3 is 2. The number of ether oxygens (including phenoxy) is 2. The minimum Gasteiger partial charge on any atom is -0.497 e. The van der Waals surface area contributed by atoms with Gasteiger partial charge in [-0.25, -0.2) is 9.78 Å². The third-order valence-electron chi connectivity index (χ3n) is 4.88. The Bertz CT molecular complexity index is 1410. The van der Waals surface area contributed by atoms with Crippen molar-refractivity contribution in [1.82, 2.24) is 15.2 Å². The highest BCUT2D eigenvalue weighted by Crippen LogP contribution is 2.34. The van der Waals surface area contributed by atoms with Gasteiger partial charge in [-0.15, -0.1) is 5.10 Å². The van der Waals surface area contributed by atoms with Gasteiger partial charge in [-0.05, 0) is 48.2 Å². The standard InChI is InChI=1S/C24H18F3N3O5S/c1-33-17-9-14(10-18(11-17)34-2)21-28-23(30-29-21)36-20(22(31)32)12-16-6-7-19(35-16)13-4-3-5-15(8-13)24(25,26)27/h3-12H,1-2H3,(H,31,32)(H,28,29,30)/b20-12-. The van der Waals surface area contributed by atoms with Crippen molar-refractivity contribution in [3.63, 3.8) is 0 Å². The number of furan rings is 1. The van der Waals surface area contributed by atoms with Gasteiger partial charge in [-0.3, -0.25) is 5.10 Å². The fraction of sp³-hybridized carbons (Fsp3) is 0.125. The summed E-state index contributed by atoms with van der Waals surface area (Å²) in [6.45, 7) is 0. The zero-order valence-corrected chi connectivity index (χ0v) is 19.6. The van der Waals surface area contributed by atoms with Crippen LogP contribution >= 0.6 is 11.8 Å². The van der Waals surface area contributed by atoms with Gasteiger partial charge in [-0.2, -0.15) is 13.2 Å². The Morgan fingerprint density at radius 2 is 1.78 bits per heavy atom. The summed E-state index contributed by atoms with van der Waals surface area (Å²) in [6.07, 6.45) is -3.25. The maximum atomic E-state index is 13.0. The molecule has 0 radical (unpaired) electrons. The molecule has 186 valence electrons. The number of H-pyrrole nitrogens is 1. The van der Waals surface area contributed by atoms with E-state index in [0.717, 1.165) is 23.9 Å². The lowest BCUT2D eigenvalue weighted by molar-refractivity contribution is -0.137. The van der Waals surface area contributed by atoms with Crippen LogP contribution in [0.15, 0.2) is 69.1 Å². The molecule has 0 unspecified atom stereocenters. The van der Waals surface area contributed by atoms with Crippen LogP contribution in [0.25, 0.3) is 28.8 Å². The molecule has 4 rings (SSSR count). The van der Waals surface area contributed by atoms with Crippen LogP contribution in [0.5, 0.6) is 11.5 Å². The number of carboxylic acids is 1. The van der Waals surface area contributed by atoms with Crippen molar-refractivity contribution < 1.29 is 37.0 Å². The Balaban J connectivity index is 1.57. The number of aliphatic carboxylic acids is 1. The first kappa shape index (κ1) is 24.9. The highest BCUT2D eigenvalue weighted by molar-refractivity contribution is 8.04. The molecule has 0 bridgehead atoms. The molecule has 0 aliphatic rings. The fourth-order valence-corrected chi connectivity index (χ4v) is 3.85. The van der Waals surface area contributed by atoms with Gasteiger partial charge >= 0.3 is 12.1 Å². The van der Waals surface area contributed by atoms with Gasteiger partial charge in [0.2, 0.25) is 5.16 Å². The largest absolute Gasteiger partial charge is 0.497 e. The number of benzene rings is 2. The highest BCUT2D eigenvalue weighted by atomic mass is 32.2. The molecule has 36 heavy (non-hydrogen) atoms. The normalized spacial score (nSPS) is 12.0. The Morgan fingerprint density at radius 3 is 2.42 bits per heavy atom. The first-order valence-electron chi connectivity index (χ1n) is 10.2. The van der Waals surface area contributed by atoms with Crippen LogP contribution < -0.4 is 9.47 Å². The predicted octanol–water partition coefficient (Wildman–Crippen LogP) is 5.99. The van der Waals surface area contributed by atoms with Crippen LogP contribution in [0, 0.1) is 0 Å². The van der Waals surface area contributed by atoms with Crippen LogP contribution in [0.4, 0.5) is 13.2 Å². The smallest absolute Gasteiger partial charge is 0.416 e. The maximum absolute atomic E-state index is 13.0. The second-order valence-corrected chi connectivity index (χ2v) is 8.27. The number of rotatable bonds is 8. The highest BCUT2D eigenvalue weighted by Gasteiger charge is 2.30. The number of aromatic amines is 1. The van der Waals surface area contributed by atoms with E-state index in [1.807, 2.05) is 0 Å². The summed E-state index contributed by atoms with van der Waals surface area (Å²) in [5.74, 6) is 0.483. The molecule has 2 aromatic heterocycles. The van der Waals surface area contributed by atoms with Crippen LogP contribution in [-0.4, -0.2) is 40.5 Å². The van der Waals surface area contributed by atoms with Crippen LogP contribution in [-0.2, 0) is 11.0 Å². The first-order chi connectivity index (χ1) is 17.2. The lowest BCUT2D eigenvalue weighted by atomic mass is 10.1. The summed E-state index contributed by atoms with van der Waals surface area (Å²) in [5, 5.41) is 16.6. The molecule has 0 atom stereocenters. The number of thioether (sulfide) groups is 1. The van der Waals surface area contributed by atoms with E-state index >= 15 is 0 Å². The molecular formula is C24H18F3N3O5S. The first-order valence-corrected chi connectivity index (χ1v) is 11.0. The molecule has 12 heteroatoms. The van der Waals surface area contributed by atoms with Gasteiger partial charge in [0, 0.05) is 23.3 Å². The van der Waals surface area contributed by atoms with Crippen LogP contribution in [0.1, 0.15) is 11.3 Å². The SMILES string of the molecule is COc1cc(OC)cc(-c2nc(S/C(=C\c3ccc(-c4cccc(C(F)(F)F)c4)o3)C(=O)O)n[nH]2)c1. The molecule has 0 saturated heterocycles. The topological polar surface area (TPSA) is 110 Å². The van der Waals surface area contributed by atoms with Crippen molar-refractivity contribution in [1.29, 1.82) is 0 Å². The van der Waals surface area contributed by atoms with Gasteiger partial charge in [0.05, 0.1) is 19.8 Å². The van der Waals surface area contributed by atoms with E-state index < -0.39 is 17.7 Å². The Hall–Kier alpha value is -4.19. The Labute approximate surface area is 206 Å². The van der Waals surface area contributed by atoms with Crippen molar-refractivity contribution >= 4 is 23.8 Å². The second-order valence-electron chi connectivity index (χ2n) is 7.26. The number of carboxylic acid groups (broad SMARTS) is 1. The molecule has 2 aromatic carbocycles. The fourth-order valence-electron chi connectivity index (χ4n) is 3.16. The summed E-state index contributed by atoms with van der Waals surface area (Å²) < 4.78 is 55.1. The Morgan fingerprint density at radius 1 is 1.06 bits per heavy atom. The van der Waals surface area contributed by atoms with E-state index in [1.54, 1.807) is 18.2 Å². The van der Waals surface area contributed by atoms with E-state index in [9.17, 15) is 23.1 Å². The second kappa shape index (κ2) is 10.2. The lowest BCUT2D eigenvalue weighted by Gasteiger charge is -2.07. The molecule has 0 aliphatic heterocycles. The van der Waals surface area contributed by atoms with Crippen LogP contribution in [0.2, 0.25) is 0 Å². The van der Waals surface area contributed by atoms with Crippen molar-refractivity contribution in [3.05, 3.63) is 70.8 Å². The number of nitrogens with one attached hydrogen (secondary N) is 1. The van der Waals surface area contributed by atoms with E-state index in [0.29, 0.717) is 22.9 Å². The number of hydrogen-bond donors (Lipinski definition) is 2. The van der Waals surface area contributed by atoms with E-state index in [1.165, 1.54) is 44.6 Å². The zero-order chi connectivity index (χ0) is 25.9. The van der Waals surface area contributed by atoms with Crippen molar-refractivity contribution in [2.75, 3.05) is 14.2 Å². The molecule has 0 spiro atoms. The summed E-state index contributed by atoms with van der Waals surface area (Å²) in [4.78, 5) is 16.0. The van der Waals surface area contributed by atoms with Crippen molar-refractivity contribution in [3.8, 4) is 34.2 Å². The molecule has 8 nitrogen and oxygen atoms in total. The maximum Gasteiger partial charge on any atom is 0.416 e. The van der Waals surface area contributed by atoms with E-state index in [2.05, 4.69) is 15.2 Å². The molecule has 4 aromatic rings. The van der Waals surface area contributed by atoms with Crippen molar-refractivity contribution in [2.24, 2.45) is 0 Å². The van der Waals surface area contributed by atoms with E-state index in [-0.39, 0.29) is 27.1 Å². The molecule has 0 saturated carbocycles. The monoisotopic (exact) mass is 517 g/mol. The number of nitrogens with zero attached hydrogens (tertiary/aromatic N) is 2. The van der Waals surface area contributed by atoms with Crippen molar-refractivity contribution in [2.45, 2.75) is 11.3 Å². The average molecular weight is 517 g/mol. The Kier molecular flexibility index (Phi) is 7.06. The van der Waals surface area contributed by atoms with Gasteiger partial charge in [0.1, 0.15) is 27.9 Å². The molecule has 2 heterocycles. The number of alkyl halides is 3. The van der Waals surface area contributed by atoms with Gasteiger partial charge in [0.25, 0.3) is 0 Å². The average Bonchev–Trinajstić information content (AvgIpc) is 3.53. The molecular weight excluding hydrogens is 499 g/mol. The summed E-state index contributed by atoms with van der Waals surface area (Å²) in [5.41, 5.74) is 0.00818. The van der Waals surface area contributed by atoms with Gasteiger partial charge in [0.15, 0.2) is 5.82 Å². The third kappa shape index (κ3) is 5.71. The molecule has 2 N–H and O–H groups in total. The third-order valence-corrected chi connectivity index (χ3v) is 5.75. The van der Waals surface area contributed by atoms with Gasteiger partial charge < -0.3 is 19.0 Å². The predicted molar refractivity (Wildman–Crippen MR) is 126 cm³/mol. The summed E-state index contributed by atoms with van der Waals surface area (Å²) in [6, 6.07) is 12.7. The number of hydrogen-bond acceptors (Lipinski definition) is 7. The summed E-state index contributed by atoms with van der Waals surface area (Å²) >= 11 is 0.775. The number of halogens is 3. The minimum atomic E-state index is -4.50. The minimum absolute atomic E-state index is 0.130. The quantitative estimate of drug-likeness (QED) is 0.217. The molecule has 0 amide bonds. The molecule has 0 fully saturated rings. The molecule has 0 aliphatic carbocycles. The zero-order valence-electron chi connectivity index (χ0n) is 18.8. The lowest BCUT2D eigenvalue weighted by Crippen LogP contribution is -2.04. The number of carbonyl (C=O) groups is 1. The summed E-state index contributed by atoms with van der Waals surface area (Å²) in [7, 11) is 3.02. The van der Waals surface area contributed by atoms with Gasteiger partial charge in [-0.1, -0.05) is 12.1 Å². The van der Waals surface area contributed by atoms with Crippen LogP contribution in [0.3, 0.4) is 0 Å². The van der Waals surface area contributed by atoms with E-state index in [4.69, 9.17) is 13.9 Å².